The summed E-state index contributed by atoms with van der Waals surface area (Å²) >= 11 is 0. The Hall–Kier alpha value is -2.36. The Balaban J connectivity index is 2.17. The van der Waals surface area contributed by atoms with Crippen molar-refractivity contribution in [1.29, 1.82) is 0 Å². The maximum absolute atomic E-state index is 5.20. The SMILES string of the molecule is COc1ccc2nc(-c3ncccc3C)[nH]c2c1. The Kier molecular flexibility index (Phi) is 2.48. The van der Waals surface area contributed by atoms with Crippen molar-refractivity contribution in [2.45, 2.75) is 6.92 Å². The van der Waals surface area contributed by atoms with E-state index in [2.05, 4.69) is 15.0 Å². The molecule has 1 N–H and O–H groups in total. The Morgan fingerprint density at radius 3 is 2.89 bits per heavy atom. The van der Waals surface area contributed by atoms with Crippen LogP contribution in [0.5, 0.6) is 5.75 Å². The molecule has 0 aliphatic heterocycles. The van der Waals surface area contributed by atoms with Gasteiger partial charge >= 0.3 is 0 Å². The highest BCUT2D eigenvalue weighted by molar-refractivity contribution is 5.80. The molecule has 0 aliphatic carbocycles. The number of benzene rings is 1. The molecule has 0 bridgehead atoms. The Morgan fingerprint density at radius 1 is 1.22 bits per heavy atom. The van der Waals surface area contributed by atoms with Crippen molar-refractivity contribution < 1.29 is 4.74 Å². The fourth-order valence-corrected chi connectivity index (χ4v) is 1.96. The van der Waals surface area contributed by atoms with E-state index in [1.807, 2.05) is 37.3 Å². The molecule has 3 aromatic rings. The minimum Gasteiger partial charge on any atom is -0.497 e. The summed E-state index contributed by atoms with van der Waals surface area (Å²) in [7, 11) is 1.65. The summed E-state index contributed by atoms with van der Waals surface area (Å²) in [5, 5.41) is 0. The minimum atomic E-state index is 0.788. The number of nitrogens with one attached hydrogen (secondary N) is 1. The molecule has 0 aliphatic rings. The molecule has 0 amide bonds. The van der Waals surface area contributed by atoms with Gasteiger partial charge in [0.15, 0.2) is 5.82 Å². The molecule has 90 valence electrons. The number of methoxy groups -OCH3 is 1. The number of hydrogen-bond donors (Lipinski definition) is 1. The molecule has 0 saturated carbocycles. The third kappa shape index (κ3) is 1.72. The number of nitrogens with zero attached hydrogens (tertiary/aromatic N) is 2. The zero-order chi connectivity index (χ0) is 12.5. The second-order valence-corrected chi connectivity index (χ2v) is 4.14. The number of fused-ring (bicyclic) bond motifs is 1. The smallest absolute Gasteiger partial charge is 0.157 e. The summed E-state index contributed by atoms with van der Waals surface area (Å²) < 4.78 is 5.20. The lowest BCUT2D eigenvalue weighted by atomic mass is 10.2. The van der Waals surface area contributed by atoms with Crippen molar-refractivity contribution in [3.63, 3.8) is 0 Å². The third-order valence-corrected chi connectivity index (χ3v) is 2.92. The van der Waals surface area contributed by atoms with Gasteiger partial charge in [0.05, 0.1) is 18.1 Å². The van der Waals surface area contributed by atoms with Gasteiger partial charge in [0.2, 0.25) is 0 Å². The summed E-state index contributed by atoms with van der Waals surface area (Å²) in [5.74, 6) is 1.60. The molecule has 4 nitrogen and oxygen atoms in total. The average molecular weight is 239 g/mol. The quantitative estimate of drug-likeness (QED) is 0.748. The third-order valence-electron chi connectivity index (χ3n) is 2.92. The van der Waals surface area contributed by atoms with Crippen LogP contribution in [-0.4, -0.2) is 22.1 Å². The van der Waals surface area contributed by atoms with Gasteiger partial charge in [0.1, 0.15) is 11.4 Å². The van der Waals surface area contributed by atoms with Gasteiger partial charge in [0, 0.05) is 12.3 Å². The summed E-state index contributed by atoms with van der Waals surface area (Å²) in [6.45, 7) is 2.02. The highest BCUT2D eigenvalue weighted by atomic mass is 16.5. The Bertz CT molecular complexity index is 703. The van der Waals surface area contributed by atoms with E-state index in [1.165, 1.54) is 0 Å². The highest BCUT2D eigenvalue weighted by Crippen LogP contribution is 2.24. The number of imidazole rings is 1. The topological polar surface area (TPSA) is 50.8 Å². The fraction of sp³-hybridized carbons (Fsp3) is 0.143. The number of H-pyrrole nitrogens is 1. The van der Waals surface area contributed by atoms with Crippen LogP contribution in [0.2, 0.25) is 0 Å². The van der Waals surface area contributed by atoms with Crippen LogP contribution in [0.1, 0.15) is 5.56 Å². The van der Waals surface area contributed by atoms with Crippen molar-refractivity contribution in [2.75, 3.05) is 7.11 Å². The standard InChI is InChI=1S/C14H13N3O/c1-9-4-3-7-15-13(9)14-16-11-6-5-10(18-2)8-12(11)17-14/h3-8H,1-2H3,(H,16,17). The van der Waals surface area contributed by atoms with E-state index in [-0.39, 0.29) is 0 Å². The van der Waals surface area contributed by atoms with E-state index >= 15 is 0 Å². The number of aromatic nitrogens is 3. The molecule has 1 aromatic carbocycles. The number of hydrogen-bond acceptors (Lipinski definition) is 3. The zero-order valence-corrected chi connectivity index (χ0v) is 10.3. The number of aryl methyl sites for hydroxylation is 1. The predicted molar refractivity (Wildman–Crippen MR) is 70.6 cm³/mol. The molecule has 2 aromatic heterocycles. The van der Waals surface area contributed by atoms with Gasteiger partial charge in [-0.25, -0.2) is 4.98 Å². The van der Waals surface area contributed by atoms with Crippen molar-refractivity contribution in [3.8, 4) is 17.3 Å². The minimum absolute atomic E-state index is 0.788. The van der Waals surface area contributed by atoms with E-state index < -0.39 is 0 Å². The van der Waals surface area contributed by atoms with Crippen LogP contribution in [0.3, 0.4) is 0 Å². The van der Waals surface area contributed by atoms with Gasteiger partial charge in [-0.1, -0.05) is 6.07 Å². The fourth-order valence-electron chi connectivity index (χ4n) is 1.96. The lowest BCUT2D eigenvalue weighted by Gasteiger charge is -1.99. The van der Waals surface area contributed by atoms with Crippen LogP contribution in [0.15, 0.2) is 36.5 Å². The van der Waals surface area contributed by atoms with Gasteiger partial charge in [-0.05, 0) is 30.7 Å². The van der Waals surface area contributed by atoms with Crippen LogP contribution in [0, 0.1) is 6.92 Å². The first kappa shape index (κ1) is 10.8. The molecule has 4 heteroatoms. The van der Waals surface area contributed by atoms with Gasteiger partial charge < -0.3 is 9.72 Å². The van der Waals surface area contributed by atoms with Crippen LogP contribution < -0.4 is 4.74 Å². The second kappa shape index (κ2) is 4.14. The molecule has 0 atom stereocenters. The molecule has 0 spiro atoms. The average Bonchev–Trinajstić information content (AvgIpc) is 2.81. The first-order valence-electron chi connectivity index (χ1n) is 5.73. The van der Waals surface area contributed by atoms with Crippen LogP contribution in [0.25, 0.3) is 22.6 Å². The summed E-state index contributed by atoms with van der Waals surface area (Å²) in [6.07, 6.45) is 1.77. The summed E-state index contributed by atoms with van der Waals surface area (Å²) in [5.41, 5.74) is 3.85. The van der Waals surface area contributed by atoms with E-state index in [9.17, 15) is 0 Å². The summed E-state index contributed by atoms with van der Waals surface area (Å²) in [4.78, 5) is 12.2. The molecule has 3 rings (SSSR count). The van der Waals surface area contributed by atoms with Crippen LogP contribution in [-0.2, 0) is 0 Å². The van der Waals surface area contributed by atoms with Gasteiger partial charge in [-0.15, -0.1) is 0 Å². The van der Waals surface area contributed by atoms with E-state index in [4.69, 9.17) is 4.74 Å². The van der Waals surface area contributed by atoms with Gasteiger partial charge in [-0.3, -0.25) is 4.98 Å². The predicted octanol–water partition coefficient (Wildman–Crippen LogP) is 2.94. The maximum atomic E-state index is 5.20. The number of aromatic amines is 1. The number of ether oxygens (including phenoxy) is 1. The second-order valence-electron chi connectivity index (χ2n) is 4.14. The van der Waals surface area contributed by atoms with Crippen LogP contribution in [0.4, 0.5) is 0 Å². The van der Waals surface area contributed by atoms with E-state index in [0.717, 1.165) is 33.9 Å². The lowest BCUT2D eigenvalue weighted by molar-refractivity contribution is 0.415. The molecule has 0 saturated heterocycles. The van der Waals surface area contributed by atoms with Gasteiger partial charge in [0.25, 0.3) is 0 Å². The maximum Gasteiger partial charge on any atom is 0.157 e. The zero-order valence-electron chi connectivity index (χ0n) is 10.3. The molecule has 2 heterocycles. The van der Waals surface area contributed by atoms with Crippen molar-refractivity contribution >= 4 is 11.0 Å². The summed E-state index contributed by atoms with van der Waals surface area (Å²) in [6, 6.07) is 9.72. The highest BCUT2D eigenvalue weighted by Gasteiger charge is 2.09. The monoisotopic (exact) mass is 239 g/mol. The first-order chi connectivity index (χ1) is 8.78. The first-order valence-corrected chi connectivity index (χ1v) is 5.73. The van der Waals surface area contributed by atoms with E-state index in [0.29, 0.717) is 0 Å². The molecule has 18 heavy (non-hydrogen) atoms. The number of rotatable bonds is 2. The van der Waals surface area contributed by atoms with Crippen molar-refractivity contribution in [3.05, 3.63) is 42.1 Å². The van der Waals surface area contributed by atoms with Gasteiger partial charge in [-0.2, -0.15) is 0 Å². The van der Waals surface area contributed by atoms with Crippen LogP contribution >= 0.6 is 0 Å². The van der Waals surface area contributed by atoms with Crippen molar-refractivity contribution in [1.82, 2.24) is 15.0 Å². The largest absolute Gasteiger partial charge is 0.497 e. The Morgan fingerprint density at radius 2 is 2.11 bits per heavy atom. The van der Waals surface area contributed by atoms with E-state index in [1.54, 1.807) is 13.3 Å². The molecule has 0 radical (unpaired) electrons. The lowest BCUT2D eigenvalue weighted by Crippen LogP contribution is -1.88. The Labute approximate surface area is 105 Å². The number of pyridine rings is 1. The normalized spacial score (nSPS) is 10.8. The molecular weight excluding hydrogens is 226 g/mol. The van der Waals surface area contributed by atoms with Crippen molar-refractivity contribution in [2.24, 2.45) is 0 Å². The molecule has 0 unspecified atom stereocenters. The molecular formula is C14H13N3O. The molecule has 0 fully saturated rings.